The number of aliphatic hydroxyl groups is 1. The molecule has 3 rings (SSSR count). The van der Waals surface area contributed by atoms with Gasteiger partial charge in [0.2, 0.25) is 0 Å². The minimum Gasteiger partial charge on any atom is -0.393 e. The Labute approximate surface area is 115 Å². The van der Waals surface area contributed by atoms with E-state index >= 15 is 0 Å². The number of rotatable bonds is 3. The fourth-order valence-electron chi connectivity index (χ4n) is 4.06. The first-order valence-electron chi connectivity index (χ1n) is 7.41. The number of hydrogen-bond donors (Lipinski definition) is 2. The molecule has 2 saturated heterocycles. The van der Waals surface area contributed by atoms with E-state index < -0.39 is 0 Å². The van der Waals surface area contributed by atoms with Crippen molar-refractivity contribution in [3.63, 3.8) is 0 Å². The van der Waals surface area contributed by atoms with Crippen LogP contribution in [-0.2, 0) is 0 Å². The van der Waals surface area contributed by atoms with Crippen LogP contribution in [0.2, 0.25) is 0 Å². The van der Waals surface area contributed by atoms with Gasteiger partial charge < -0.3 is 10.8 Å². The van der Waals surface area contributed by atoms with E-state index in [9.17, 15) is 5.11 Å². The van der Waals surface area contributed by atoms with Gasteiger partial charge in [-0.1, -0.05) is 24.3 Å². The van der Waals surface area contributed by atoms with E-state index in [1.165, 1.54) is 24.0 Å². The number of fused-ring (bicyclic) bond motifs is 2. The van der Waals surface area contributed by atoms with Crippen molar-refractivity contribution in [1.29, 1.82) is 0 Å². The summed E-state index contributed by atoms with van der Waals surface area (Å²) < 4.78 is 0. The van der Waals surface area contributed by atoms with E-state index in [0.717, 1.165) is 12.8 Å². The fraction of sp³-hybridized carbons (Fsp3) is 0.625. The Morgan fingerprint density at radius 2 is 1.89 bits per heavy atom. The zero-order chi connectivity index (χ0) is 13.4. The lowest BCUT2D eigenvalue weighted by Gasteiger charge is -2.42. The van der Waals surface area contributed by atoms with Crippen LogP contribution in [0, 0.1) is 6.92 Å². The number of aryl methyl sites for hydroxylation is 1. The summed E-state index contributed by atoms with van der Waals surface area (Å²) in [4.78, 5) is 2.59. The standard InChI is InChI=1S/C16H24N2O/c1-11-4-2-3-5-15(11)16(10-17)18-12-6-7-13(18)9-14(19)8-12/h2-5,12-14,16,19H,6-10,17H2,1H3. The summed E-state index contributed by atoms with van der Waals surface area (Å²) >= 11 is 0. The molecular weight excluding hydrogens is 236 g/mol. The zero-order valence-electron chi connectivity index (χ0n) is 11.6. The van der Waals surface area contributed by atoms with E-state index in [1.807, 2.05) is 0 Å². The quantitative estimate of drug-likeness (QED) is 0.873. The summed E-state index contributed by atoms with van der Waals surface area (Å²) in [6, 6.07) is 9.90. The number of nitrogens with two attached hydrogens (primary N) is 1. The van der Waals surface area contributed by atoms with Crippen molar-refractivity contribution < 1.29 is 5.11 Å². The molecular formula is C16H24N2O. The Bertz CT molecular complexity index is 434. The van der Waals surface area contributed by atoms with Crippen molar-refractivity contribution in [3.8, 4) is 0 Å². The van der Waals surface area contributed by atoms with Gasteiger partial charge in [0.15, 0.2) is 0 Å². The maximum absolute atomic E-state index is 9.93. The summed E-state index contributed by atoms with van der Waals surface area (Å²) in [5.41, 5.74) is 8.77. The first kappa shape index (κ1) is 13.1. The van der Waals surface area contributed by atoms with E-state index in [0.29, 0.717) is 24.7 Å². The molecule has 3 heteroatoms. The van der Waals surface area contributed by atoms with Crippen LogP contribution >= 0.6 is 0 Å². The molecule has 2 aliphatic rings. The zero-order valence-corrected chi connectivity index (χ0v) is 11.6. The largest absolute Gasteiger partial charge is 0.393 e. The Kier molecular flexibility index (Phi) is 3.61. The molecule has 2 aliphatic heterocycles. The third-order valence-corrected chi connectivity index (χ3v) is 4.90. The maximum Gasteiger partial charge on any atom is 0.0570 e. The van der Waals surface area contributed by atoms with Gasteiger partial charge in [-0.3, -0.25) is 4.90 Å². The molecule has 0 aromatic heterocycles. The van der Waals surface area contributed by atoms with Gasteiger partial charge in [0.05, 0.1) is 6.10 Å². The van der Waals surface area contributed by atoms with Gasteiger partial charge in [0.25, 0.3) is 0 Å². The monoisotopic (exact) mass is 260 g/mol. The Balaban J connectivity index is 1.90. The van der Waals surface area contributed by atoms with Crippen molar-refractivity contribution in [2.24, 2.45) is 5.73 Å². The fourth-order valence-corrected chi connectivity index (χ4v) is 4.06. The number of benzene rings is 1. The van der Waals surface area contributed by atoms with Gasteiger partial charge in [-0.15, -0.1) is 0 Å². The second-order valence-electron chi connectivity index (χ2n) is 6.07. The van der Waals surface area contributed by atoms with E-state index in [-0.39, 0.29) is 6.10 Å². The van der Waals surface area contributed by atoms with Crippen LogP contribution in [0.5, 0.6) is 0 Å². The molecule has 0 amide bonds. The smallest absolute Gasteiger partial charge is 0.0570 e. The molecule has 1 aromatic rings. The van der Waals surface area contributed by atoms with Crippen molar-refractivity contribution >= 4 is 0 Å². The van der Waals surface area contributed by atoms with E-state index in [2.05, 4.69) is 36.1 Å². The van der Waals surface area contributed by atoms with Crippen molar-refractivity contribution in [2.75, 3.05) is 6.54 Å². The van der Waals surface area contributed by atoms with Gasteiger partial charge in [0.1, 0.15) is 0 Å². The molecule has 1 aromatic carbocycles. The molecule has 2 heterocycles. The molecule has 0 spiro atoms. The summed E-state index contributed by atoms with van der Waals surface area (Å²) in [5, 5.41) is 9.93. The summed E-state index contributed by atoms with van der Waals surface area (Å²) in [6.07, 6.45) is 4.15. The highest BCUT2D eigenvalue weighted by atomic mass is 16.3. The third kappa shape index (κ3) is 2.31. The van der Waals surface area contributed by atoms with Crippen molar-refractivity contribution in [3.05, 3.63) is 35.4 Å². The molecule has 0 radical (unpaired) electrons. The van der Waals surface area contributed by atoms with Crippen molar-refractivity contribution in [2.45, 2.75) is 56.8 Å². The predicted molar refractivity (Wildman–Crippen MR) is 76.9 cm³/mol. The molecule has 3 atom stereocenters. The molecule has 3 N–H and O–H groups in total. The van der Waals surface area contributed by atoms with Gasteiger partial charge in [-0.05, 0) is 43.7 Å². The van der Waals surface area contributed by atoms with Gasteiger partial charge in [-0.25, -0.2) is 0 Å². The number of piperidine rings is 1. The molecule has 0 saturated carbocycles. The van der Waals surface area contributed by atoms with Gasteiger partial charge in [-0.2, -0.15) is 0 Å². The number of hydrogen-bond acceptors (Lipinski definition) is 3. The molecule has 2 bridgehead atoms. The lowest BCUT2D eigenvalue weighted by molar-refractivity contribution is 0.0114. The molecule has 2 fully saturated rings. The Hall–Kier alpha value is -0.900. The predicted octanol–water partition coefficient (Wildman–Crippen LogP) is 1.98. The van der Waals surface area contributed by atoms with Crippen LogP contribution in [0.15, 0.2) is 24.3 Å². The Morgan fingerprint density at radius 3 is 2.47 bits per heavy atom. The van der Waals surface area contributed by atoms with Crippen LogP contribution in [-0.4, -0.2) is 34.7 Å². The molecule has 104 valence electrons. The first-order valence-corrected chi connectivity index (χ1v) is 7.41. The molecule has 19 heavy (non-hydrogen) atoms. The number of aliphatic hydroxyl groups excluding tert-OH is 1. The van der Waals surface area contributed by atoms with Crippen LogP contribution in [0.4, 0.5) is 0 Å². The highest BCUT2D eigenvalue weighted by Gasteiger charge is 2.43. The summed E-state index contributed by atoms with van der Waals surface area (Å²) in [7, 11) is 0. The van der Waals surface area contributed by atoms with Crippen LogP contribution < -0.4 is 5.73 Å². The highest BCUT2D eigenvalue weighted by Crippen LogP contribution is 2.41. The summed E-state index contributed by atoms with van der Waals surface area (Å²) in [5.74, 6) is 0. The SMILES string of the molecule is Cc1ccccc1C(CN)N1C2CCC1CC(O)C2. The number of nitrogens with zero attached hydrogens (tertiary/aromatic N) is 1. The maximum atomic E-state index is 9.93. The van der Waals surface area contributed by atoms with Crippen LogP contribution in [0.1, 0.15) is 42.9 Å². The van der Waals surface area contributed by atoms with Crippen molar-refractivity contribution in [1.82, 2.24) is 4.90 Å². The lowest BCUT2D eigenvalue weighted by atomic mass is 9.93. The summed E-state index contributed by atoms with van der Waals surface area (Å²) in [6.45, 7) is 2.83. The van der Waals surface area contributed by atoms with E-state index in [1.54, 1.807) is 0 Å². The van der Waals surface area contributed by atoms with Crippen LogP contribution in [0.3, 0.4) is 0 Å². The minimum atomic E-state index is -0.107. The molecule has 3 unspecified atom stereocenters. The third-order valence-electron chi connectivity index (χ3n) is 4.90. The van der Waals surface area contributed by atoms with Gasteiger partial charge >= 0.3 is 0 Å². The molecule has 3 nitrogen and oxygen atoms in total. The van der Waals surface area contributed by atoms with Crippen LogP contribution in [0.25, 0.3) is 0 Å². The topological polar surface area (TPSA) is 49.5 Å². The normalized spacial score (nSPS) is 32.5. The highest BCUT2D eigenvalue weighted by molar-refractivity contribution is 5.30. The Morgan fingerprint density at radius 1 is 1.26 bits per heavy atom. The van der Waals surface area contributed by atoms with Gasteiger partial charge in [0, 0.05) is 24.7 Å². The average Bonchev–Trinajstić information content (AvgIpc) is 2.66. The first-order chi connectivity index (χ1) is 9.20. The minimum absolute atomic E-state index is 0.107. The average molecular weight is 260 g/mol. The second kappa shape index (κ2) is 5.23. The molecule has 0 aliphatic carbocycles. The second-order valence-corrected chi connectivity index (χ2v) is 6.07. The lowest BCUT2D eigenvalue weighted by Crippen LogP contribution is -2.48. The van der Waals surface area contributed by atoms with E-state index in [4.69, 9.17) is 5.73 Å².